The number of nitrogens with zero attached hydrogens (tertiary/aromatic N) is 4. The number of nitrogens with one attached hydrogen (secondary N) is 1. The second kappa shape index (κ2) is 6.78. The van der Waals surface area contributed by atoms with Gasteiger partial charge in [0.1, 0.15) is 17.2 Å². The fourth-order valence-electron chi connectivity index (χ4n) is 3.24. The predicted octanol–water partition coefficient (Wildman–Crippen LogP) is 1.50. The lowest BCUT2D eigenvalue weighted by atomic mass is 10.2. The van der Waals surface area contributed by atoms with Gasteiger partial charge in [0, 0.05) is 49.5 Å². The van der Waals surface area contributed by atoms with Crippen molar-refractivity contribution in [2.75, 3.05) is 39.4 Å². The SMILES string of the molecule is CC1=NC(=Cc2c[nH]c3ncccc23)C(=O)N1CCN1CCOCC1. The first-order chi connectivity index (χ1) is 12.2. The molecule has 2 aliphatic rings. The van der Waals surface area contributed by atoms with E-state index in [4.69, 9.17) is 4.74 Å². The number of amides is 1. The number of rotatable bonds is 4. The van der Waals surface area contributed by atoms with Crippen LogP contribution in [0.25, 0.3) is 17.1 Å². The van der Waals surface area contributed by atoms with Gasteiger partial charge in [-0.25, -0.2) is 9.98 Å². The molecule has 130 valence electrons. The predicted molar refractivity (Wildman–Crippen MR) is 96.2 cm³/mol. The second-order valence-electron chi connectivity index (χ2n) is 6.24. The summed E-state index contributed by atoms with van der Waals surface area (Å²) in [7, 11) is 0. The molecule has 2 aromatic rings. The summed E-state index contributed by atoms with van der Waals surface area (Å²) < 4.78 is 5.36. The van der Waals surface area contributed by atoms with Crippen molar-refractivity contribution in [1.82, 2.24) is 19.8 Å². The van der Waals surface area contributed by atoms with Crippen LogP contribution in [0.2, 0.25) is 0 Å². The van der Waals surface area contributed by atoms with E-state index in [0.717, 1.165) is 55.3 Å². The number of aromatic amines is 1. The Kier molecular flexibility index (Phi) is 4.33. The number of amidine groups is 1. The minimum absolute atomic E-state index is 0.0380. The number of pyridine rings is 1. The van der Waals surface area contributed by atoms with Crippen molar-refractivity contribution in [3.8, 4) is 0 Å². The quantitative estimate of drug-likeness (QED) is 0.857. The first-order valence-corrected chi connectivity index (χ1v) is 8.53. The molecular weight excluding hydrogens is 318 g/mol. The zero-order valence-corrected chi connectivity index (χ0v) is 14.2. The van der Waals surface area contributed by atoms with Crippen LogP contribution in [0, 0.1) is 0 Å². The molecule has 4 rings (SSSR count). The molecule has 1 N–H and O–H groups in total. The van der Waals surface area contributed by atoms with Gasteiger partial charge in [0.2, 0.25) is 0 Å². The van der Waals surface area contributed by atoms with E-state index in [2.05, 4.69) is 19.9 Å². The summed E-state index contributed by atoms with van der Waals surface area (Å²) in [5.74, 6) is 0.714. The van der Waals surface area contributed by atoms with Gasteiger partial charge in [-0.3, -0.25) is 14.6 Å². The van der Waals surface area contributed by atoms with Crippen molar-refractivity contribution < 1.29 is 9.53 Å². The van der Waals surface area contributed by atoms with E-state index in [9.17, 15) is 4.79 Å². The van der Waals surface area contributed by atoms with E-state index in [1.807, 2.05) is 31.3 Å². The molecule has 0 saturated carbocycles. The van der Waals surface area contributed by atoms with Crippen LogP contribution < -0.4 is 0 Å². The van der Waals surface area contributed by atoms with Crippen LogP contribution in [0.3, 0.4) is 0 Å². The third-order valence-corrected chi connectivity index (χ3v) is 4.66. The normalized spacial score (nSPS) is 20.7. The number of morpholine rings is 1. The molecule has 7 heteroatoms. The Bertz CT molecular complexity index is 848. The largest absolute Gasteiger partial charge is 0.379 e. The number of H-pyrrole nitrogens is 1. The number of aromatic nitrogens is 2. The third kappa shape index (κ3) is 3.20. The third-order valence-electron chi connectivity index (χ3n) is 4.66. The van der Waals surface area contributed by atoms with Crippen LogP contribution >= 0.6 is 0 Å². The van der Waals surface area contributed by atoms with Crippen LogP contribution in [-0.2, 0) is 9.53 Å². The smallest absolute Gasteiger partial charge is 0.277 e. The second-order valence-corrected chi connectivity index (χ2v) is 6.24. The molecule has 25 heavy (non-hydrogen) atoms. The molecule has 1 amide bonds. The Hall–Kier alpha value is -2.51. The Labute approximate surface area is 146 Å². The van der Waals surface area contributed by atoms with Gasteiger partial charge < -0.3 is 9.72 Å². The van der Waals surface area contributed by atoms with Crippen LogP contribution in [0.1, 0.15) is 12.5 Å². The van der Waals surface area contributed by atoms with E-state index < -0.39 is 0 Å². The molecule has 1 fully saturated rings. The zero-order chi connectivity index (χ0) is 17.2. The Balaban J connectivity index is 1.49. The van der Waals surface area contributed by atoms with Gasteiger partial charge in [-0.15, -0.1) is 0 Å². The maximum absolute atomic E-state index is 12.7. The summed E-state index contributed by atoms with van der Waals surface area (Å²) in [5.41, 5.74) is 2.21. The van der Waals surface area contributed by atoms with Gasteiger partial charge >= 0.3 is 0 Å². The molecule has 0 radical (unpaired) electrons. The first kappa shape index (κ1) is 16.0. The summed E-state index contributed by atoms with van der Waals surface area (Å²) >= 11 is 0. The molecule has 0 spiro atoms. The number of aliphatic imine (C=N–C) groups is 1. The van der Waals surface area contributed by atoms with Crippen molar-refractivity contribution in [1.29, 1.82) is 0 Å². The first-order valence-electron chi connectivity index (χ1n) is 8.53. The average Bonchev–Trinajstić information content (AvgIpc) is 3.16. The number of carbonyl (C=O) groups excluding carboxylic acids is 1. The van der Waals surface area contributed by atoms with Gasteiger partial charge in [0.05, 0.1) is 13.2 Å². The van der Waals surface area contributed by atoms with E-state index >= 15 is 0 Å². The van der Waals surface area contributed by atoms with E-state index in [0.29, 0.717) is 12.2 Å². The average molecular weight is 339 g/mol. The minimum Gasteiger partial charge on any atom is -0.379 e. The Morgan fingerprint density at radius 3 is 3.00 bits per heavy atom. The molecule has 0 bridgehead atoms. The molecule has 2 aromatic heterocycles. The summed E-state index contributed by atoms with van der Waals surface area (Å²) in [6, 6.07) is 3.87. The highest BCUT2D eigenvalue weighted by Gasteiger charge is 2.28. The highest BCUT2D eigenvalue weighted by atomic mass is 16.5. The van der Waals surface area contributed by atoms with Crippen molar-refractivity contribution in [3.05, 3.63) is 35.8 Å². The maximum Gasteiger partial charge on any atom is 0.277 e. The molecule has 0 aliphatic carbocycles. The number of carbonyl (C=O) groups is 1. The van der Waals surface area contributed by atoms with Crippen LogP contribution in [-0.4, -0.2) is 70.9 Å². The highest BCUT2D eigenvalue weighted by Crippen LogP contribution is 2.22. The van der Waals surface area contributed by atoms with Gasteiger partial charge in [-0.1, -0.05) is 0 Å². The Morgan fingerprint density at radius 1 is 1.32 bits per heavy atom. The summed E-state index contributed by atoms with van der Waals surface area (Å²) in [6.45, 7) is 6.75. The van der Waals surface area contributed by atoms with Crippen molar-refractivity contribution in [3.63, 3.8) is 0 Å². The van der Waals surface area contributed by atoms with E-state index in [-0.39, 0.29) is 5.91 Å². The number of hydrogen-bond donors (Lipinski definition) is 1. The standard InChI is InChI=1S/C18H21N5O2/c1-13-21-16(11-14-12-20-17-15(14)3-2-4-19-17)18(24)23(13)6-5-22-7-9-25-10-8-22/h2-4,11-12H,5-10H2,1H3,(H,19,20). The van der Waals surface area contributed by atoms with Crippen LogP contribution in [0.4, 0.5) is 0 Å². The summed E-state index contributed by atoms with van der Waals surface area (Å²) in [5, 5.41) is 0.988. The molecule has 0 unspecified atom stereocenters. The van der Waals surface area contributed by atoms with Gasteiger partial charge in [0.15, 0.2) is 0 Å². The van der Waals surface area contributed by atoms with Crippen molar-refractivity contribution in [2.24, 2.45) is 4.99 Å². The molecule has 0 aromatic carbocycles. The van der Waals surface area contributed by atoms with Gasteiger partial charge in [-0.2, -0.15) is 0 Å². The topological polar surface area (TPSA) is 73.8 Å². The summed E-state index contributed by atoms with van der Waals surface area (Å²) in [6.07, 6.45) is 5.44. The van der Waals surface area contributed by atoms with Gasteiger partial charge in [0.25, 0.3) is 5.91 Å². The molecule has 0 atom stereocenters. The van der Waals surface area contributed by atoms with Crippen LogP contribution in [0.15, 0.2) is 35.2 Å². The van der Waals surface area contributed by atoms with E-state index in [1.54, 1.807) is 11.1 Å². The summed E-state index contributed by atoms with van der Waals surface area (Å²) in [4.78, 5) is 28.7. The van der Waals surface area contributed by atoms with Crippen molar-refractivity contribution >= 4 is 28.9 Å². The molecule has 7 nitrogen and oxygen atoms in total. The molecule has 2 aliphatic heterocycles. The molecular formula is C18H21N5O2. The minimum atomic E-state index is -0.0380. The maximum atomic E-state index is 12.7. The lowest BCUT2D eigenvalue weighted by Crippen LogP contribution is -2.43. The highest BCUT2D eigenvalue weighted by molar-refractivity contribution is 6.14. The van der Waals surface area contributed by atoms with Crippen LogP contribution in [0.5, 0.6) is 0 Å². The number of ether oxygens (including phenoxy) is 1. The molecule has 1 saturated heterocycles. The lowest BCUT2D eigenvalue weighted by molar-refractivity contribution is -0.122. The van der Waals surface area contributed by atoms with Gasteiger partial charge in [-0.05, 0) is 25.1 Å². The number of hydrogen-bond acceptors (Lipinski definition) is 5. The fourth-order valence-corrected chi connectivity index (χ4v) is 3.24. The monoisotopic (exact) mass is 339 g/mol. The lowest BCUT2D eigenvalue weighted by Gasteiger charge is -2.28. The van der Waals surface area contributed by atoms with Crippen molar-refractivity contribution in [2.45, 2.75) is 6.92 Å². The zero-order valence-electron chi connectivity index (χ0n) is 14.2. The fraction of sp³-hybridized carbons (Fsp3) is 0.389. The Morgan fingerprint density at radius 2 is 2.16 bits per heavy atom. The molecule has 4 heterocycles. The van der Waals surface area contributed by atoms with E-state index in [1.165, 1.54) is 0 Å². The number of fused-ring (bicyclic) bond motifs is 1.